The maximum absolute atomic E-state index is 15.7. The maximum Gasteiger partial charge on any atom is 0.400 e. The summed E-state index contributed by atoms with van der Waals surface area (Å²) in [4.78, 5) is 26.9. The van der Waals surface area contributed by atoms with Gasteiger partial charge in [0.25, 0.3) is 0 Å². The van der Waals surface area contributed by atoms with Crippen LogP contribution in [-0.2, 0) is 31.9 Å². The van der Waals surface area contributed by atoms with Crippen molar-refractivity contribution >= 4 is 35.5 Å². The van der Waals surface area contributed by atoms with E-state index in [1.165, 1.54) is 48.6 Å². The van der Waals surface area contributed by atoms with Gasteiger partial charge in [0.1, 0.15) is 24.7 Å². The summed E-state index contributed by atoms with van der Waals surface area (Å²) in [5, 5.41) is 0. The van der Waals surface area contributed by atoms with Crippen molar-refractivity contribution in [1.82, 2.24) is 0 Å². The van der Waals surface area contributed by atoms with Crippen LogP contribution in [0.3, 0.4) is 0 Å². The highest BCUT2D eigenvalue weighted by atomic mass is 19.3. The van der Waals surface area contributed by atoms with Crippen LogP contribution in [-0.4, -0.2) is 37.4 Å². The van der Waals surface area contributed by atoms with Crippen LogP contribution in [0.15, 0.2) is 109 Å². The lowest BCUT2D eigenvalue weighted by atomic mass is 9.76. The third-order valence-electron chi connectivity index (χ3n) is 14.8. The van der Waals surface area contributed by atoms with E-state index in [1.54, 1.807) is 48.5 Å². The van der Waals surface area contributed by atoms with Crippen LogP contribution in [0.4, 0.5) is 28.9 Å². The zero-order chi connectivity index (χ0) is 52.1. The highest BCUT2D eigenvalue weighted by molar-refractivity contribution is 5.87. The number of anilines is 2. The van der Waals surface area contributed by atoms with Crippen LogP contribution in [0.2, 0.25) is 0 Å². The topological polar surface area (TPSA) is 123 Å². The van der Waals surface area contributed by atoms with Crippen LogP contribution in [0.25, 0.3) is 12.2 Å². The molecule has 8 nitrogen and oxygen atoms in total. The average Bonchev–Trinajstić information content (AvgIpc) is 3.38. The van der Waals surface area contributed by atoms with Crippen molar-refractivity contribution in [3.63, 3.8) is 0 Å². The molecule has 0 saturated heterocycles. The molecule has 396 valence electrons. The van der Waals surface area contributed by atoms with Crippen LogP contribution in [0, 0.1) is 29.1 Å². The Morgan fingerprint density at radius 3 is 1.26 bits per heavy atom. The molecule has 0 spiro atoms. The van der Waals surface area contributed by atoms with Gasteiger partial charge in [0.05, 0.1) is 11.8 Å². The summed E-state index contributed by atoms with van der Waals surface area (Å²) in [6.45, 7) is 3.97. The van der Waals surface area contributed by atoms with Crippen molar-refractivity contribution in [2.24, 2.45) is 29.1 Å². The third kappa shape index (κ3) is 18.3. The Hall–Kier alpha value is -5.78. The van der Waals surface area contributed by atoms with Gasteiger partial charge in [0.2, 0.25) is 0 Å². The molecule has 0 amide bonds. The molecule has 0 radical (unpaired) electrons. The first-order chi connectivity index (χ1) is 35.2. The molecule has 0 heterocycles. The number of esters is 2. The average molecular weight is 1010 g/mol. The molecule has 4 atom stereocenters. The Bertz CT molecular complexity index is 2170. The summed E-state index contributed by atoms with van der Waals surface area (Å²) in [5.41, 5.74) is 15.1. The van der Waals surface area contributed by atoms with Crippen molar-refractivity contribution in [2.45, 2.75) is 154 Å². The number of halogens is 4. The second-order valence-corrected chi connectivity index (χ2v) is 20.7. The Balaban J connectivity index is 1.10. The summed E-state index contributed by atoms with van der Waals surface area (Å²) >= 11 is 0. The normalized spacial score (nSPS) is 18.7. The van der Waals surface area contributed by atoms with E-state index in [0.29, 0.717) is 48.2 Å². The van der Waals surface area contributed by atoms with Crippen LogP contribution in [0.1, 0.15) is 152 Å². The van der Waals surface area contributed by atoms with E-state index >= 15 is 17.6 Å². The number of rotatable bonds is 28. The van der Waals surface area contributed by atoms with Gasteiger partial charge in [0.15, 0.2) is 0 Å². The molecule has 2 aliphatic carbocycles. The highest BCUT2D eigenvalue weighted by Gasteiger charge is 2.48. The van der Waals surface area contributed by atoms with Crippen molar-refractivity contribution in [1.29, 1.82) is 0 Å². The number of ether oxygens (including phenoxy) is 4. The second-order valence-electron chi connectivity index (χ2n) is 20.7. The van der Waals surface area contributed by atoms with Crippen molar-refractivity contribution < 1.29 is 46.1 Å². The van der Waals surface area contributed by atoms with Gasteiger partial charge in [0, 0.05) is 28.9 Å². The number of carbonyl (C=O) groups is 2. The minimum Gasteiger partial charge on any atom is -0.462 e. The molecule has 73 heavy (non-hydrogen) atoms. The molecule has 2 saturated carbocycles. The Labute approximate surface area is 431 Å². The van der Waals surface area contributed by atoms with E-state index < -0.39 is 41.4 Å². The van der Waals surface area contributed by atoms with Crippen molar-refractivity contribution in [2.75, 3.05) is 24.7 Å². The van der Waals surface area contributed by atoms with E-state index in [1.807, 2.05) is 24.3 Å². The number of alkyl halides is 4. The predicted octanol–water partition coefficient (Wildman–Crippen LogP) is 15.6. The van der Waals surface area contributed by atoms with Gasteiger partial charge >= 0.3 is 24.2 Å². The molecule has 4 aromatic rings. The van der Waals surface area contributed by atoms with E-state index in [9.17, 15) is 9.59 Å². The Kier molecular flexibility index (Phi) is 21.7. The van der Waals surface area contributed by atoms with Gasteiger partial charge in [-0.05, 0) is 146 Å². The SMILES string of the molecule is CCCCCCC1CCCCC1C(F)(F)Oc1ccc(/C=C/C(=O)OCC(COC(=O)/C=C/c2ccc(OC(F)(F)C3CCCCC3CCCCCC)cc2)(Cc2ccc(N)cc2)Cc2ccc(N)cc2)cc1. The van der Waals surface area contributed by atoms with E-state index in [-0.39, 0.29) is 36.5 Å². The second kappa shape index (κ2) is 28.0. The molecule has 0 aromatic heterocycles. The molecule has 0 bridgehead atoms. The number of hydrogen-bond acceptors (Lipinski definition) is 8. The Morgan fingerprint density at radius 2 is 0.890 bits per heavy atom. The van der Waals surface area contributed by atoms with Gasteiger partial charge in [-0.25, -0.2) is 9.59 Å². The lowest BCUT2D eigenvalue weighted by Crippen LogP contribution is -2.41. The largest absolute Gasteiger partial charge is 0.462 e. The fourth-order valence-electron chi connectivity index (χ4n) is 10.7. The third-order valence-corrected chi connectivity index (χ3v) is 14.8. The molecule has 6 rings (SSSR count). The van der Waals surface area contributed by atoms with E-state index in [4.69, 9.17) is 30.4 Å². The quantitative estimate of drug-likeness (QED) is 0.0190. The lowest BCUT2D eigenvalue weighted by molar-refractivity contribution is -0.235. The lowest BCUT2D eigenvalue weighted by Gasteiger charge is -2.36. The van der Waals surface area contributed by atoms with Crippen LogP contribution >= 0.6 is 0 Å². The molecule has 4 aromatic carbocycles. The summed E-state index contributed by atoms with van der Waals surface area (Å²) < 4.78 is 85.2. The molecule has 0 aliphatic heterocycles. The summed E-state index contributed by atoms with van der Waals surface area (Å²) in [6.07, 6.45) is 15.6. The van der Waals surface area contributed by atoms with Gasteiger partial charge in [-0.3, -0.25) is 0 Å². The number of carbonyl (C=O) groups excluding carboxylic acids is 2. The Morgan fingerprint density at radius 1 is 0.521 bits per heavy atom. The molecule has 4 unspecified atom stereocenters. The minimum absolute atomic E-state index is 0.0562. The summed E-state index contributed by atoms with van der Waals surface area (Å²) in [7, 11) is 0. The fraction of sp³-hybridized carbons (Fsp3) is 0.508. The summed E-state index contributed by atoms with van der Waals surface area (Å²) in [6, 6.07) is 26.9. The molecule has 2 aliphatic rings. The number of benzene rings is 4. The standard InChI is InChI=1S/C61H78F4N2O6/c1-3-5-7-9-15-49-17-11-13-19-55(49)60(62,63)72-53-35-25-45(26-36-53)29-39-57(68)70-43-59(41-47-21-31-51(66)32-22-47,42-48-23-33-52(67)34-24-48)44-71-58(69)40-30-46-27-37-54(38-28-46)73-61(64,65)56-20-14-12-18-50(56)16-10-8-6-4-2/h21-40,49-50,55-56H,3-20,41-44,66-67H2,1-2H3/b39-29+,40-30+. The zero-order valence-electron chi connectivity index (χ0n) is 43.0. The first-order valence-electron chi connectivity index (χ1n) is 26.9. The fourth-order valence-corrected chi connectivity index (χ4v) is 10.7. The van der Waals surface area contributed by atoms with Gasteiger partial charge < -0.3 is 30.4 Å². The molecule has 4 N–H and O–H groups in total. The highest BCUT2D eigenvalue weighted by Crippen LogP contribution is 2.45. The molecule has 2 fully saturated rings. The maximum atomic E-state index is 15.7. The van der Waals surface area contributed by atoms with Crippen LogP contribution < -0.4 is 20.9 Å². The number of nitrogens with two attached hydrogens (primary N) is 2. The van der Waals surface area contributed by atoms with Gasteiger partial charge in [-0.1, -0.05) is 139 Å². The molecular formula is C61H78F4N2O6. The van der Waals surface area contributed by atoms with E-state index in [2.05, 4.69) is 13.8 Å². The van der Waals surface area contributed by atoms with Gasteiger partial charge in [-0.2, -0.15) is 17.6 Å². The smallest absolute Gasteiger partial charge is 0.400 e. The van der Waals surface area contributed by atoms with Crippen molar-refractivity contribution in [3.05, 3.63) is 131 Å². The van der Waals surface area contributed by atoms with E-state index in [0.717, 1.165) is 114 Å². The number of hydrogen-bond donors (Lipinski definition) is 2. The molecular weight excluding hydrogens is 933 g/mol. The monoisotopic (exact) mass is 1010 g/mol. The molecule has 12 heteroatoms. The first kappa shape index (κ1) is 56.5. The van der Waals surface area contributed by atoms with Crippen LogP contribution in [0.5, 0.6) is 11.5 Å². The zero-order valence-corrected chi connectivity index (χ0v) is 43.0. The summed E-state index contributed by atoms with van der Waals surface area (Å²) in [5.74, 6) is -3.00. The number of nitrogen functional groups attached to an aromatic ring is 2. The first-order valence-corrected chi connectivity index (χ1v) is 26.9. The minimum atomic E-state index is -3.30. The number of unbranched alkanes of at least 4 members (excludes halogenated alkanes) is 6. The van der Waals surface area contributed by atoms with Gasteiger partial charge in [-0.15, -0.1) is 0 Å². The van der Waals surface area contributed by atoms with Crippen molar-refractivity contribution in [3.8, 4) is 11.5 Å². The predicted molar refractivity (Wildman–Crippen MR) is 284 cm³/mol.